The summed E-state index contributed by atoms with van der Waals surface area (Å²) in [6.07, 6.45) is 1.30. The van der Waals surface area contributed by atoms with Crippen LogP contribution in [-0.2, 0) is 4.79 Å². The number of benzene rings is 2. The summed E-state index contributed by atoms with van der Waals surface area (Å²) in [6, 6.07) is 15.4. The zero-order chi connectivity index (χ0) is 16.9. The Morgan fingerprint density at radius 2 is 1.96 bits per heavy atom. The second kappa shape index (κ2) is 7.08. The van der Waals surface area contributed by atoms with Crippen molar-refractivity contribution < 1.29 is 13.9 Å². The first-order valence-corrected chi connectivity index (χ1v) is 7.75. The second-order valence-electron chi connectivity index (χ2n) is 5.32. The molecule has 24 heavy (non-hydrogen) atoms. The molecule has 0 aliphatic heterocycles. The maximum Gasteiger partial charge on any atom is 0.265 e. The number of fused-ring (bicyclic) bond motifs is 1. The number of hydrogen-bond acceptors (Lipinski definition) is 3. The number of rotatable bonds is 5. The number of amides is 1. The van der Waals surface area contributed by atoms with Crippen molar-refractivity contribution in [1.29, 1.82) is 0 Å². The Bertz CT molecular complexity index is 861. The van der Waals surface area contributed by atoms with Crippen LogP contribution in [0.1, 0.15) is 13.3 Å². The number of halogens is 1. The van der Waals surface area contributed by atoms with Crippen LogP contribution in [0.4, 0.5) is 10.1 Å². The smallest absolute Gasteiger partial charge is 0.265 e. The van der Waals surface area contributed by atoms with Gasteiger partial charge in [0.15, 0.2) is 17.7 Å². The van der Waals surface area contributed by atoms with Crippen molar-refractivity contribution in [2.24, 2.45) is 0 Å². The molecule has 2 aromatic carbocycles. The van der Waals surface area contributed by atoms with E-state index < -0.39 is 11.9 Å². The van der Waals surface area contributed by atoms with Gasteiger partial charge in [0, 0.05) is 11.6 Å². The van der Waals surface area contributed by atoms with E-state index in [-0.39, 0.29) is 11.7 Å². The number of aromatic nitrogens is 1. The Labute approximate surface area is 139 Å². The lowest BCUT2D eigenvalue weighted by Crippen LogP contribution is -2.32. The normalized spacial score (nSPS) is 11.9. The van der Waals surface area contributed by atoms with Crippen LogP contribution < -0.4 is 10.1 Å². The zero-order valence-corrected chi connectivity index (χ0v) is 13.2. The van der Waals surface area contributed by atoms with Crippen LogP contribution in [0.25, 0.3) is 10.9 Å². The van der Waals surface area contributed by atoms with Gasteiger partial charge in [0.25, 0.3) is 5.91 Å². The number of hydrogen-bond donors (Lipinski definition) is 1. The molecule has 1 aromatic heterocycles. The number of carbonyl (C=O) groups is 1. The molecule has 0 radical (unpaired) electrons. The van der Waals surface area contributed by atoms with Gasteiger partial charge < -0.3 is 10.1 Å². The molecule has 122 valence electrons. The number of pyridine rings is 1. The van der Waals surface area contributed by atoms with Crippen molar-refractivity contribution in [3.05, 3.63) is 66.6 Å². The number of ether oxygens (including phenoxy) is 1. The van der Waals surface area contributed by atoms with Crippen LogP contribution in [0.3, 0.4) is 0 Å². The minimum absolute atomic E-state index is 0.0653. The molecule has 0 bridgehead atoms. The highest BCUT2D eigenvalue weighted by Crippen LogP contribution is 2.22. The number of carbonyl (C=O) groups excluding carboxylic acids is 1. The lowest BCUT2D eigenvalue weighted by Gasteiger charge is -2.18. The third kappa shape index (κ3) is 3.35. The summed E-state index contributed by atoms with van der Waals surface area (Å²) in [4.78, 5) is 16.8. The minimum Gasteiger partial charge on any atom is -0.478 e. The van der Waals surface area contributed by atoms with E-state index in [4.69, 9.17) is 4.74 Å². The summed E-state index contributed by atoms with van der Waals surface area (Å²) < 4.78 is 19.3. The highest BCUT2D eigenvalue weighted by molar-refractivity contribution is 6.01. The molecule has 0 spiro atoms. The van der Waals surface area contributed by atoms with Gasteiger partial charge in [0.1, 0.15) is 0 Å². The fourth-order valence-electron chi connectivity index (χ4n) is 2.43. The van der Waals surface area contributed by atoms with Crippen LogP contribution in [0.15, 0.2) is 60.8 Å². The van der Waals surface area contributed by atoms with Crippen molar-refractivity contribution >= 4 is 22.5 Å². The highest BCUT2D eigenvalue weighted by atomic mass is 19.1. The molecule has 3 rings (SSSR count). The van der Waals surface area contributed by atoms with E-state index in [0.29, 0.717) is 17.6 Å². The standard InChI is InChI=1S/C19H17FN2O2/c1-2-16(24-17-11-4-3-9-14(17)20)19(23)22-15-10-5-7-13-8-6-12-21-18(13)15/h3-12,16H,2H2,1H3,(H,22,23)/t16-/m1/s1. The molecule has 4 nitrogen and oxygen atoms in total. The van der Waals surface area contributed by atoms with E-state index >= 15 is 0 Å². The second-order valence-corrected chi connectivity index (χ2v) is 5.32. The van der Waals surface area contributed by atoms with Gasteiger partial charge in [-0.15, -0.1) is 0 Å². The van der Waals surface area contributed by atoms with Crippen LogP contribution in [-0.4, -0.2) is 17.0 Å². The Balaban J connectivity index is 1.80. The average Bonchev–Trinajstić information content (AvgIpc) is 2.61. The lowest BCUT2D eigenvalue weighted by molar-refractivity contribution is -0.122. The monoisotopic (exact) mass is 324 g/mol. The predicted molar refractivity (Wildman–Crippen MR) is 91.5 cm³/mol. The molecule has 3 aromatic rings. The van der Waals surface area contributed by atoms with Gasteiger partial charge in [-0.3, -0.25) is 9.78 Å². The maximum absolute atomic E-state index is 13.7. The van der Waals surface area contributed by atoms with E-state index in [0.717, 1.165) is 5.39 Å². The molecular weight excluding hydrogens is 307 g/mol. The molecule has 0 fully saturated rings. The molecule has 5 heteroatoms. The highest BCUT2D eigenvalue weighted by Gasteiger charge is 2.20. The van der Waals surface area contributed by atoms with E-state index in [1.165, 1.54) is 12.1 Å². The summed E-state index contributed by atoms with van der Waals surface area (Å²) in [6.45, 7) is 1.81. The maximum atomic E-state index is 13.7. The molecule has 0 saturated heterocycles. The first-order valence-electron chi connectivity index (χ1n) is 7.75. The molecule has 1 N–H and O–H groups in total. The molecule has 1 heterocycles. The Morgan fingerprint density at radius 1 is 1.17 bits per heavy atom. The molecule has 1 atom stereocenters. The van der Waals surface area contributed by atoms with Gasteiger partial charge in [-0.05, 0) is 30.7 Å². The van der Waals surface area contributed by atoms with Gasteiger partial charge in [-0.2, -0.15) is 0 Å². The molecule has 1 amide bonds. The van der Waals surface area contributed by atoms with Gasteiger partial charge in [0.2, 0.25) is 0 Å². The summed E-state index contributed by atoms with van der Waals surface area (Å²) >= 11 is 0. The molecule has 0 saturated carbocycles. The van der Waals surface area contributed by atoms with Crippen molar-refractivity contribution in [2.75, 3.05) is 5.32 Å². The molecular formula is C19H17FN2O2. The minimum atomic E-state index is -0.791. The Morgan fingerprint density at radius 3 is 2.75 bits per heavy atom. The van der Waals surface area contributed by atoms with Crippen LogP contribution in [0.2, 0.25) is 0 Å². The van der Waals surface area contributed by atoms with Crippen molar-refractivity contribution in [3.63, 3.8) is 0 Å². The van der Waals surface area contributed by atoms with Gasteiger partial charge >= 0.3 is 0 Å². The van der Waals surface area contributed by atoms with Crippen LogP contribution >= 0.6 is 0 Å². The van der Waals surface area contributed by atoms with Crippen LogP contribution in [0, 0.1) is 5.82 Å². The predicted octanol–water partition coefficient (Wildman–Crippen LogP) is 4.17. The lowest BCUT2D eigenvalue weighted by atomic mass is 10.2. The van der Waals surface area contributed by atoms with Crippen molar-refractivity contribution in [3.8, 4) is 5.75 Å². The topological polar surface area (TPSA) is 51.2 Å². The first-order chi connectivity index (χ1) is 11.7. The van der Waals surface area contributed by atoms with E-state index in [1.54, 1.807) is 24.4 Å². The Hall–Kier alpha value is -2.95. The fraction of sp³-hybridized carbons (Fsp3) is 0.158. The summed E-state index contributed by atoms with van der Waals surface area (Å²) in [5.41, 5.74) is 1.31. The Kier molecular flexibility index (Phi) is 4.70. The van der Waals surface area contributed by atoms with Gasteiger partial charge in [-0.1, -0.05) is 37.3 Å². The van der Waals surface area contributed by atoms with E-state index in [9.17, 15) is 9.18 Å². The largest absolute Gasteiger partial charge is 0.478 e. The third-order valence-electron chi connectivity index (χ3n) is 3.66. The van der Waals surface area contributed by atoms with Crippen molar-refractivity contribution in [2.45, 2.75) is 19.4 Å². The van der Waals surface area contributed by atoms with E-state index in [1.807, 2.05) is 31.2 Å². The summed E-state index contributed by atoms with van der Waals surface area (Å²) in [5, 5.41) is 3.76. The number of nitrogens with one attached hydrogen (secondary N) is 1. The van der Waals surface area contributed by atoms with Gasteiger partial charge in [0.05, 0.1) is 11.2 Å². The third-order valence-corrected chi connectivity index (χ3v) is 3.66. The van der Waals surface area contributed by atoms with Crippen LogP contribution in [0.5, 0.6) is 5.75 Å². The number of para-hydroxylation sites is 2. The first kappa shape index (κ1) is 15.9. The number of anilines is 1. The quantitative estimate of drug-likeness (QED) is 0.766. The summed E-state index contributed by atoms with van der Waals surface area (Å²) in [7, 11) is 0. The number of nitrogens with zero attached hydrogens (tertiary/aromatic N) is 1. The summed E-state index contributed by atoms with van der Waals surface area (Å²) in [5.74, 6) is -0.759. The zero-order valence-electron chi connectivity index (χ0n) is 13.2. The molecule has 0 unspecified atom stereocenters. The molecule has 0 aliphatic rings. The van der Waals surface area contributed by atoms with Crippen molar-refractivity contribution in [1.82, 2.24) is 4.98 Å². The van der Waals surface area contributed by atoms with Gasteiger partial charge in [-0.25, -0.2) is 4.39 Å². The fourth-order valence-corrected chi connectivity index (χ4v) is 2.43. The van der Waals surface area contributed by atoms with E-state index in [2.05, 4.69) is 10.3 Å². The average molecular weight is 324 g/mol. The molecule has 0 aliphatic carbocycles. The SMILES string of the molecule is CC[C@@H](Oc1ccccc1F)C(=O)Nc1cccc2cccnc12.